The van der Waals surface area contributed by atoms with Gasteiger partial charge in [-0.25, -0.2) is 0 Å². The highest BCUT2D eigenvalue weighted by Crippen LogP contribution is 2.41. The maximum absolute atomic E-state index is 11.6. The van der Waals surface area contributed by atoms with Gasteiger partial charge in [-0.3, -0.25) is 19.2 Å². The van der Waals surface area contributed by atoms with E-state index in [0.717, 1.165) is 6.92 Å². The number of carbonyl (C=O) groups excluding carboxylic acids is 2. The molecule has 0 spiro atoms. The molecule has 0 fully saturated rings. The number of nitrogens with two attached hydrogens (primary N) is 2. The predicted octanol–water partition coefficient (Wildman–Crippen LogP) is -0.972. The van der Waals surface area contributed by atoms with Crippen molar-refractivity contribution in [2.75, 3.05) is 0 Å². The van der Waals surface area contributed by atoms with Crippen LogP contribution in [0.4, 0.5) is 0 Å². The third-order valence-corrected chi connectivity index (χ3v) is 3.50. The number of hydrogen-bond acceptors (Lipinski definition) is 8. The first-order valence-electron chi connectivity index (χ1n) is 5.94. The Morgan fingerprint density at radius 1 is 1.14 bits per heavy atom. The van der Waals surface area contributed by atoms with Gasteiger partial charge in [-0.1, -0.05) is 13.8 Å². The summed E-state index contributed by atoms with van der Waals surface area (Å²) < 4.78 is 0. The number of rotatable bonds is 8. The Bertz CT molecular complexity index is 438. The van der Waals surface area contributed by atoms with Crippen LogP contribution in [0.2, 0.25) is 0 Å². The molecule has 0 amide bonds. The lowest BCUT2D eigenvalue weighted by Gasteiger charge is -2.35. The van der Waals surface area contributed by atoms with Gasteiger partial charge in [0.15, 0.2) is 0 Å². The SMILES string of the molecule is CCC(CC(=O)ON)(C(=O)O)C(C(=O)O)C(C)C(=O)ON. The number of carbonyl (C=O) groups is 4. The summed E-state index contributed by atoms with van der Waals surface area (Å²) in [5.74, 6) is 0.847. The zero-order valence-corrected chi connectivity index (χ0v) is 11.6. The number of hydrogen-bond donors (Lipinski definition) is 4. The van der Waals surface area contributed by atoms with Gasteiger partial charge in [0.25, 0.3) is 0 Å². The van der Waals surface area contributed by atoms with Crippen LogP contribution in [0.15, 0.2) is 0 Å². The van der Waals surface area contributed by atoms with Gasteiger partial charge in [0.2, 0.25) is 0 Å². The molecule has 0 heterocycles. The first-order chi connectivity index (χ1) is 9.67. The maximum Gasteiger partial charge on any atom is 0.328 e. The van der Waals surface area contributed by atoms with Crippen molar-refractivity contribution < 1.29 is 39.1 Å². The van der Waals surface area contributed by atoms with E-state index in [4.69, 9.17) is 5.90 Å². The molecule has 6 N–H and O–H groups in total. The summed E-state index contributed by atoms with van der Waals surface area (Å²) >= 11 is 0. The normalized spacial score (nSPS) is 16.2. The smallest absolute Gasteiger partial charge is 0.328 e. The largest absolute Gasteiger partial charge is 0.481 e. The van der Waals surface area contributed by atoms with Crippen LogP contribution in [0.5, 0.6) is 0 Å². The standard InChI is InChI=1S/C11H18N2O8/c1-3-11(10(18)19,4-6(14)20-12)7(8(15)16)5(2)9(17)21-13/h5,7H,3-4,12-13H2,1-2H3,(H,15,16)(H,18,19). The molecule has 0 aromatic heterocycles. The highest BCUT2D eigenvalue weighted by atomic mass is 16.7. The fourth-order valence-electron chi connectivity index (χ4n) is 2.29. The predicted molar refractivity (Wildman–Crippen MR) is 65.8 cm³/mol. The van der Waals surface area contributed by atoms with Crippen molar-refractivity contribution in [2.45, 2.75) is 26.7 Å². The average molecular weight is 306 g/mol. The Balaban J connectivity index is 5.92. The minimum absolute atomic E-state index is 0.253. The lowest BCUT2D eigenvalue weighted by atomic mass is 9.66. The van der Waals surface area contributed by atoms with Crippen LogP contribution in [0.3, 0.4) is 0 Å². The third-order valence-electron chi connectivity index (χ3n) is 3.50. The maximum atomic E-state index is 11.6. The van der Waals surface area contributed by atoms with Crippen LogP contribution in [0.1, 0.15) is 26.7 Å². The van der Waals surface area contributed by atoms with Crippen LogP contribution < -0.4 is 11.8 Å². The van der Waals surface area contributed by atoms with Crippen LogP contribution in [-0.2, 0) is 28.9 Å². The van der Waals surface area contributed by atoms with Crippen molar-refractivity contribution >= 4 is 23.9 Å². The highest BCUT2D eigenvalue weighted by molar-refractivity contribution is 5.90. The van der Waals surface area contributed by atoms with Gasteiger partial charge in [0, 0.05) is 0 Å². The van der Waals surface area contributed by atoms with Crippen molar-refractivity contribution in [2.24, 2.45) is 29.0 Å². The molecule has 0 aliphatic heterocycles. The second-order valence-electron chi connectivity index (χ2n) is 4.52. The molecule has 0 rings (SSSR count). The first-order valence-corrected chi connectivity index (χ1v) is 5.94. The van der Waals surface area contributed by atoms with E-state index in [9.17, 15) is 29.4 Å². The second-order valence-corrected chi connectivity index (χ2v) is 4.52. The third kappa shape index (κ3) is 3.89. The lowest BCUT2D eigenvalue weighted by molar-refractivity contribution is -0.176. The van der Waals surface area contributed by atoms with E-state index in [1.807, 2.05) is 0 Å². The van der Waals surface area contributed by atoms with Gasteiger partial charge in [-0.2, -0.15) is 11.8 Å². The quantitative estimate of drug-likeness (QED) is 0.407. The number of aliphatic carboxylic acids is 2. The van der Waals surface area contributed by atoms with E-state index in [1.165, 1.54) is 6.92 Å². The molecule has 10 heteroatoms. The molecule has 0 aliphatic carbocycles. The van der Waals surface area contributed by atoms with Crippen molar-refractivity contribution in [3.8, 4) is 0 Å². The zero-order valence-electron chi connectivity index (χ0n) is 11.6. The van der Waals surface area contributed by atoms with Gasteiger partial charge in [-0.05, 0) is 6.42 Å². The monoisotopic (exact) mass is 306 g/mol. The second kappa shape index (κ2) is 7.55. The molecular formula is C11H18N2O8. The van der Waals surface area contributed by atoms with Gasteiger partial charge in [-0.15, -0.1) is 0 Å². The molecule has 0 radical (unpaired) electrons. The van der Waals surface area contributed by atoms with Crippen molar-refractivity contribution in [1.29, 1.82) is 0 Å². The van der Waals surface area contributed by atoms with Crippen molar-refractivity contribution in [3.05, 3.63) is 0 Å². The van der Waals surface area contributed by atoms with Crippen molar-refractivity contribution in [1.82, 2.24) is 0 Å². The Morgan fingerprint density at radius 3 is 1.95 bits per heavy atom. The van der Waals surface area contributed by atoms with Gasteiger partial charge >= 0.3 is 23.9 Å². The Hall–Kier alpha value is -2.20. The molecule has 10 nitrogen and oxygen atoms in total. The van der Waals surface area contributed by atoms with Crippen LogP contribution >= 0.6 is 0 Å². The van der Waals surface area contributed by atoms with E-state index < -0.39 is 47.5 Å². The summed E-state index contributed by atoms with van der Waals surface area (Å²) in [4.78, 5) is 53.7. The molecule has 0 aromatic carbocycles. The molecule has 0 saturated carbocycles. The molecular weight excluding hydrogens is 288 g/mol. The summed E-state index contributed by atoms with van der Waals surface area (Å²) in [6, 6.07) is 0. The first kappa shape index (κ1) is 18.8. The van der Waals surface area contributed by atoms with Gasteiger partial charge in [0.1, 0.15) is 0 Å². The average Bonchev–Trinajstić information content (AvgIpc) is 2.44. The molecule has 0 bridgehead atoms. The Labute approximate surface area is 119 Å². The summed E-state index contributed by atoms with van der Waals surface area (Å²) in [5, 5.41) is 18.7. The van der Waals surface area contributed by atoms with Crippen LogP contribution in [0.25, 0.3) is 0 Å². The van der Waals surface area contributed by atoms with E-state index >= 15 is 0 Å². The van der Waals surface area contributed by atoms with Crippen LogP contribution in [0, 0.1) is 17.3 Å². The summed E-state index contributed by atoms with van der Waals surface area (Å²) in [6.07, 6.45) is -1.06. The number of carboxylic acid groups (broad SMARTS) is 2. The van der Waals surface area contributed by atoms with E-state index in [2.05, 4.69) is 15.6 Å². The molecule has 0 saturated heterocycles. The van der Waals surface area contributed by atoms with Crippen LogP contribution in [-0.4, -0.2) is 34.1 Å². The van der Waals surface area contributed by atoms with Gasteiger partial charge in [0.05, 0.1) is 23.7 Å². The molecule has 120 valence electrons. The van der Waals surface area contributed by atoms with E-state index in [-0.39, 0.29) is 6.42 Å². The minimum atomic E-state index is -2.09. The van der Waals surface area contributed by atoms with Crippen molar-refractivity contribution in [3.63, 3.8) is 0 Å². The topological polar surface area (TPSA) is 179 Å². The number of carboxylic acids is 2. The molecule has 0 aliphatic rings. The molecule has 0 aromatic rings. The molecule has 3 unspecified atom stereocenters. The minimum Gasteiger partial charge on any atom is -0.481 e. The lowest BCUT2D eigenvalue weighted by Crippen LogP contribution is -2.49. The molecule has 3 atom stereocenters. The highest BCUT2D eigenvalue weighted by Gasteiger charge is 2.54. The fourth-order valence-corrected chi connectivity index (χ4v) is 2.29. The summed E-state index contributed by atoms with van der Waals surface area (Å²) in [7, 11) is 0. The molecule has 21 heavy (non-hydrogen) atoms. The van der Waals surface area contributed by atoms with E-state index in [1.54, 1.807) is 0 Å². The van der Waals surface area contributed by atoms with E-state index in [0.29, 0.717) is 0 Å². The Kier molecular flexibility index (Phi) is 6.76. The fraction of sp³-hybridized carbons (Fsp3) is 0.636. The Morgan fingerprint density at radius 2 is 1.67 bits per heavy atom. The van der Waals surface area contributed by atoms with Gasteiger partial charge < -0.3 is 19.9 Å². The summed E-state index contributed by atoms with van der Waals surface area (Å²) in [5.41, 5.74) is -2.09. The summed E-state index contributed by atoms with van der Waals surface area (Å²) in [6.45, 7) is 2.52. The zero-order chi connectivity index (χ0) is 16.8.